The first kappa shape index (κ1) is 18.9. The summed E-state index contributed by atoms with van der Waals surface area (Å²) in [5, 5.41) is 9.33. The molecule has 6 nitrogen and oxygen atoms in total. The standard InChI is InChI=1S/C23H33N5O/c1-3-28-21(19-8-6-14-26(2)17-19)24-25-22(28)27-15-12-23(13-16-27)11-10-18-7-4-5-9-20(18)29-23/h4-5,7,9,19H,3,6,8,10-17H2,1-2H3/t19-/m1/s1. The van der Waals surface area contributed by atoms with Crippen LogP contribution >= 0.6 is 0 Å². The lowest BCUT2D eigenvalue weighted by Crippen LogP contribution is -2.50. The van der Waals surface area contributed by atoms with E-state index < -0.39 is 0 Å². The summed E-state index contributed by atoms with van der Waals surface area (Å²) < 4.78 is 8.90. The number of para-hydroxylation sites is 1. The summed E-state index contributed by atoms with van der Waals surface area (Å²) in [6, 6.07) is 8.53. The van der Waals surface area contributed by atoms with Gasteiger partial charge in [0, 0.05) is 44.9 Å². The largest absolute Gasteiger partial charge is 0.487 e. The number of benzene rings is 1. The molecule has 156 valence electrons. The van der Waals surface area contributed by atoms with Crippen molar-refractivity contribution in [2.24, 2.45) is 0 Å². The zero-order valence-corrected chi connectivity index (χ0v) is 17.8. The van der Waals surface area contributed by atoms with Gasteiger partial charge in [0.2, 0.25) is 5.95 Å². The summed E-state index contributed by atoms with van der Waals surface area (Å²) in [5.74, 6) is 3.83. The highest BCUT2D eigenvalue weighted by Crippen LogP contribution is 2.40. The van der Waals surface area contributed by atoms with E-state index in [1.54, 1.807) is 0 Å². The number of aromatic nitrogens is 3. The molecule has 2 fully saturated rings. The molecule has 1 spiro atoms. The molecule has 1 atom stereocenters. The molecule has 4 heterocycles. The van der Waals surface area contributed by atoms with Crippen LogP contribution in [0, 0.1) is 0 Å². The molecular formula is C23H33N5O. The summed E-state index contributed by atoms with van der Waals surface area (Å²) in [6.07, 6.45) is 6.83. The van der Waals surface area contributed by atoms with Crippen LogP contribution in [0.1, 0.15) is 56.3 Å². The molecule has 3 aliphatic rings. The Labute approximate surface area is 173 Å². The van der Waals surface area contributed by atoms with Crippen LogP contribution < -0.4 is 9.64 Å². The van der Waals surface area contributed by atoms with Gasteiger partial charge in [-0.25, -0.2) is 0 Å². The average molecular weight is 396 g/mol. The van der Waals surface area contributed by atoms with E-state index in [1.165, 1.54) is 30.8 Å². The van der Waals surface area contributed by atoms with Crippen LogP contribution in [0.2, 0.25) is 0 Å². The molecule has 1 aromatic carbocycles. The smallest absolute Gasteiger partial charge is 0.227 e. The summed E-state index contributed by atoms with van der Waals surface area (Å²) in [7, 11) is 2.21. The van der Waals surface area contributed by atoms with Crippen LogP contribution in [0.25, 0.3) is 0 Å². The van der Waals surface area contributed by atoms with Crippen LogP contribution in [0.15, 0.2) is 24.3 Å². The molecule has 0 unspecified atom stereocenters. The minimum absolute atomic E-state index is 0.00314. The normalized spacial score (nSPS) is 24.3. The predicted molar refractivity (Wildman–Crippen MR) is 115 cm³/mol. The molecule has 0 aliphatic carbocycles. The Hall–Kier alpha value is -2.08. The van der Waals surface area contributed by atoms with E-state index in [0.29, 0.717) is 5.92 Å². The molecule has 3 aliphatic heterocycles. The van der Waals surface area contributed by atoms with E-state index in [9.17, 15) is 0 Å². The molecule has 0 amide bonds. The first-order chi connectivity index (χ1) is 14.2. The number of rotatable bonds is 3. The van der Waals surface area contributed by atoms with Crippen molar-refractivity contribution in [1.29, 1.82) is 0 Å². The molecule has 0 radical (unpaired) electrons. The third-order valence-corrected chi connectivity index (χ3v) is 7.17. The lowest BCUT2D eigenvalue weighted by molar-refractivity contribution is 0.0222. The maximum absolute atomic E-state index is 6.54. The highest BCUT2D eigenvalue weighted by atomic mass is 16.5. The number of piperidine rings is 2. The molecule has 29 heavy (non-hydrogen) atoms. The average Bonchev–Trinajstić information content (AvgIpc) is 3.18. The van der Waals surface area contributed by atoms with Gasteiger partial charge in [0.15, 0.2) is 0 Å². The van der Waals surface area contributed by atoms with Crippen molar-refractivity contribution in [2.45, 2.75) is 63.5 Å². The predicted octanol–water partition coefficient (Wildman–Crippen LogP) is 3.47. The lowest BCUT2D eigenvalue weighted by Gasteiger charge is -2.44. The number of nitrogens with zero attached hydrogens (tertiary/aromatic N) is 5. The van der Waals surface area contributed by atoms with Crippen molar-refractivity contribution < 1.29 is 4.74 Å². The molecular weight excluding hydrogens is 362 g/mol. The van der Waals surface area contributed by atoms with Gasteiger partial charge >= 0.3 is 0 Å². The minimum atomic E-state index is -0.00314. The van der Waals surface area contributed by atoms with Gasteiger partial charge in [-0.15, -0.1) is 10.2 Å². The van der Waals surface area contributed by atoms with E-state index in [-0.39, 0.29) is 5.60 Å². The number of likely N-dealkylation sites (N-methyl/N-ethyl adjacent to an activating group) is 1. The monoisotopic (exact) mass is 395 g/mol. The molecule has 0 saturated carbocycles. The van der Waals surface area contributed by atoms with Gasteiger partial charge in [-0.1, -0.05) is 18.2 Å². The van der Waals surface area contributed by atoms with Crippen molar-refractivity contribution in [2.75, 3.05) is 38.1 Å². The van der Waals surface area contributed by atoms with Crippen molar-refractivity contribution in [3.63, 3.8) is 0 Å². The van der Waals surface area contributed by atoms with Crippen molar-refractivity contribution in [3.8, 4) is 5.75 Å². The lowest BCUT2D eigenvalue weighted by atomic mass is 9.83. The summed E-state index contributed by atoms with van der Waals surface area (Å²) in [4.78, 5) is 4.85. The Bertz CT molecular complexity index is 855. The van der Waals surface area contributed by atoms with Gasteiger partial charge in [0.05, 0.1) is 0 Å². The topological polar surface area (TPSA) is 46.4 Å². The number of anilines is 1. The molecule has 0 bridgehead atoms. The number of hydrogen-bond acceptors (Lipinski definition) is 5. The van der Waals surface area contributed by atoms with Crippen LogP contribution in [-0.2, 0) is 13.0 Å². The number of fused-ring (bicyclic) bond motifs is 1. The highest BCUT2D eigenvalue weighted by molar-refractivity contribution is 5.38. The van der Waals surface area contributed by atoms with Gasteiger partial charge in [-0.3, -0.25) is 4.57 Å². The quantitative estimate of drug-likeness (QED) is 0.796. The number of aryl methyl sites for hydroxylation is 1. The van der Waals surface area contributed by atoms with Crippen molar-refractivity contribution >= 4 is 5.95 Å². The fourth-order valence-corrected chi connectivity index (χ4v) is 5.45. The van der Waals surface area contributed by atoms with E-state index in [0.717, 1.165) is 63.6 Å². The van der Waals surface area contributed by atoms with E-state index in [4.69, 9.17) is 4.74 Å². The fourth-order valence-electron chi connectivity index (χ4n) is 5.45. The Morgan fingerprint density at radius 3 is 2.72 bits per heavy atom. The Kier molecular flexibility index (Phi) is 4.98. The zero-order valence-electron chi connectivity index (χ0n) is 17.8. The SMILES string of the molecule is CCn1c([C@@H]2CCCN(C)C2)nnc1N1CCC2(CCc3ccccc3O2)CC1. The maximum Gasteiger partial charge on any atom is 0.227 e. The van der Waals surface area contributed by atoms with Gasteiger partial charge in [0.25, 0.3) is 0 Å². The molecule has 2 saturated heterocycles. The van der Waals surface area contributed by atoms with Crippen molar-refractivity contribution in [3.05, 3.63) is 35.7 Å². The summed E-state index contributed by atoms with van der Waals surface area (Å²) >= 11 is 0. The second-order valence-corrected chi connectivity index (χ2v) is 9.08. The first-order valence-corrected chi connectivity index (χ1v) is 11.3. The number of likely N-dealkylation sites (tertiary alicyclic amines) is 1. The second-order valence-electron chi connectivity index (χ2n) is 9.08. The summed E-state index contributed by atoms with van der Waals surface area (Å²) in [6.45, 7) is 7.42. The van der Waals surface area contributed by atoms with Crippen molar-refractivity contribution in [1.82, 2.24) is 19.7 Å². The molecule has 5 rings (SSSR count). The van der Waals surface area contributed by atoms with Crippen LogP contribution in [0.5, 0.6) is 5.75 Å². The Balaban J connectivity index is 1.30. The van der Waals surface area contributed by atoms with Gasteiger partial charge in [-0.2, -0.15) is 0 Å². The maximum atomic E-state index is 6.54. The summed E-state index contributed by atoms with van der Waals surface area (Å²) in [5.41, 5.74) is 1.35. The molecule has 6 heteroatoms. The molecule has 0 N–H and O–H groups in total. The highest BCUT2D eigenvalue weighted by Gasteiger charge is 2.40. The van der Waals surface area contributed by atoms with Gasteiger partial charge in [-0.05, 0) is 57.8 Å². The van der Waals surface area contributed by atoms with Crippen LogP contribution in [-0.4, -0.2) is 58.5 Å². The second kappa shape index (κ2) is 7.63. The first-order valence-electron chi connectivity index (χ1n) is 11.3. The third kappa shape index (κ3) is 3.52. The third-order valence-electron chi connectivity index (χ3n) is 7.17. The fraction of sp³-hybridized carbons (Fsp3) is 0.652. The van der Waals surface area contributed by atoms with E-state index >= 15 is 0 Å². The van der Waals surface area contributed by atoms with Gasteiger partial charge < -0.3 is 14.5 Å². The molecule has 1 aromatic heterocycles. The Morgan fingerprint density at radius 2 is 1.93 bits per heavy atom. The van der Waals surface area contributed by atoms with E-state index in [1.807, 2.05) is 0 Å². The molecule has 2 aromatic rings. The minimum Gasteiger partial charge on any atom is -0.487 e. The van der Waals surface area contributed by atoms with Gasteiger partial charge in [0.1, 0.15) is 17.2 Å². The zero-order chi connectivity index (χ0) is 19.8. The van der Waals surface area contributed by atoms with Crippen LogP contribution in [0.4, 0.5) is 5.95 Å². The van der Waals surface area contributed by atoms with Crippen LogP contribution in [0.3, 0.4) is 0 Å². The number of ether oxygens (including phenoxy) is 1. The Morgan fingerprint density at radius 1 is 1.10 bits per heavy atom. The van der Waals surface area contributed by atoms with E-state index in [2.05, 4.69) is 62.8 Å². The number of hydrogen-bond donors (Lipinski definition) is 0.